The quantitative estimate of drug-likeness (QED) is 0.530. The van der Waals surface area contributed by atoms with Crippen molar-refractivity contribution in [3.63, 3.8) is 0 Å². The molecule has 3 heteroatoms. The number of hydrogen-bond acceptors (Lipinski definition) is 3. The molecule has 0 N–H and O–H groups in total. The van der Waals surface area contributed by atoms with Gasteiger partial charge in [0.25, 0.3) is 0 Å². The van der Waals surface area contributed by atoms with Gasteiger partial charge in [0.1, 0.15) is 6.10 Å². The molecule has 2 aliphatic rings. The van der Waals surface area contributed by atoms with E-state index in [9.17, 15) is 4.79 Å². The lowest BCUT2D eigenvalue weighted by Gasteiger charge is -2.15. The van der Waals surface area contributed by atoms with Crippen LogP contribution in [0, 0.1) is 0 Å². The predicted octanol–water partition coefficient (Wildman–Crippen LogP) is 2.43. The molecule has 0 aromatic rings. The lowest BCUT2D eigenvalue weighted by molar-refractivity contribution is -0.155. The third kappa shape index (κ3) is 1.89. The topological polar surface area (TPSA) is 38.8 Å². The number of hydrogen-bond donors (Lipinski definition) is 0. The van der Waals surface area contributed by atoms with Crippen molar-refractivity contribution in [2.45, 2.75) is 70.2 Å². The fourth-order valence-electron chi connectivity index (χ4n) is 2.53. The third-order valence-electron chi connectivity index (χ3n) is 3.63. The highest BCUT2D eigenvalue weighted by molar-refractivity contribution is 5.83. The molecule has 1 heterocycles. The zero-order valence-electron chi connectivity index (χ0n) is 9.62. The van der Waals surface area contributed by atoms with Gasteiger partial charge in [-0.2, -0.15) is 0 Å². The normalized spacial score (nSPS) is 35.5. The van der Waals surface area contributed by atoms with Gasteiger partial charge in [0.2, 0.25) is 0 Å². The number of carbonyl (C=O) groups is 1. The molecule has 2 unspecified atom stereocenters. The average molecular weight is 212 g/mol. The fraction of sp³-hybridized carbons (Fsp3) is 0.917. The Kier molecular flexibility index (Phi) is 3.01. The summed E-state index contributed by atoms with van der Waals surface area (Å²) in [5.41, 5.74) is -0.586. The summed E-state index contributed by atoms with van der Waals surface area (Å²) < 4.78 is 11.0. The Labute approximate surface area is 91.1 Å². The first kappa shape index (κ1) is 10.9. The van der Waals surface area contributed by atoms with Crippen molar-refractivity contribution in [1.29, 1.82) is 0 Å². The van der Waals surface area contributed by atoms with Gasteiger partial charge in [0.05, 0.1) is 6.10 Å². The van der Waals surface area contributed by atoms with Gasteiger partial charge in [0.15, 0.2) is 5.60 Å². The monoisotopic (exact) mass is 212 g/mol. The van der Waals surface area contributed by atoms with Crippen LogP contribution in [-0.4, -0.2) is 23.8 Å². The summed E-state index contributed by atoms with van der Waals surface area (Å²) in [4.78, 5) is 11.9. The average Bonchev–Trinajstić information content (AvgIpc) is 2.78. The lowest BCUT2D eigenvalue weighted by atomic mass is 10.0. The highest BCUT2D eigenvalue weighted by atomic mass is 16.7. The molecule has 0 bridgehead atoms. The summed E-state index contributed by atoms with van der Waals surface area (Å²) >= 11 is 0. The van der Waals surface area contributed by atoms with Gasteiger partial charge >= 0.3 is 5.97 Å². The molecule has 0 amide bonds. The van der Waals surface area contributed by atoms with Crippen LogP contribution in [0.5, 0.6) is 0 Å². The molecule has 0 aromatic carbocycles. The second-order valence-electron chi connectivity index (χ2n) is 4.57. The molecular formula is C12H20O3. The van der Waals surface area contributed by atoms with Gasteiger partial charge in [-0.1, -0.05) is 13.8 Å². The van der Waals surface area contributed by atoms with Crippen molar-refractivity contribution >= 4 is 5.97 Å². The molecule has 2 rings (SSSR count). The largest absolute Gasteiger partial charge is 0.460 e. The van der Waals surface area contributed by atoms with Gasteiger partial charge in [-0.25, -0.2) is 4.79 Å². The molecule has 1 saturated heterocycles. The van der Waals surface area contributed by atoms with Gasteiger partial charge in [-0.15, -0.1) is 0 Å². The predicted molar refractivity (Wildman–Crippen MR) is 56.5 cm³/mol. The summed E-state index contributed by atoms with van der Waals surface area (Å²) in [5, 5.41) is 0. The highest BCUT2D eigenvalue weighted by Gasteiger charge is 2.61. The van der Waals surface area contributed by atoms with Crippen LogP contribution in [-0.2, 0) is 14.3 Å². The van der Waals surface area contributed by atoms with Crippen molar-refractivity contribution in [3.8, 4) is 0 Å². The van der Waals surface area contributed by atoms with Gasteiger partial charge in [-0.3, -0.25) is 0 Å². The SMILES string of the molecule is CCC1OC1(CC)C(=O)OC1CCCC1. The molecule has 0 aromatic heterocycles. The molecular weight excluding hydrogens is 192 g/mol. The Balaban J connectivity index is 1.89. The second-order valence-corrected chi connectivity index (χ2v) is 4.57. The van der Waals surface area contributed by atoms with Gasteiger partial charge in [-0.05, 0) is 38.5 Å². The first-order valence-electron chi connectivity index (χ1n) is 6.11. The van der Waals surface area contributed by atoms with Crippen LogP contribution in [0.15, 0.2) is 0 Å². The summed E-state index contributed by atoms with van der Waals surface area (Å²) in [7, 11) is 0. The Morgan fingerprint density at radius 2 is 2.07 bits per heavy atom. The van der Waals surface area contributed by atoms with Crippen molar-refractivity contribution in [1.82, 2.24) is 0 Å². The Morgan fingerprint density at radius 1 is 1.40 bits per heavy atom. The second kappa shape index (κ2) is 4.12. The number of esters is 1. The molecule has 3 nitrogen and oxygen atoms in total. The zero-order chi connectivity index (χ0) is 10.9. The maximum Gasteiger partial charge on any atom is 0.341 e. The minimum absolute atomic E-state index is 0.0939. The summed E-state index contributed by atoms with van der Waals surface area (Å²) in [6.07, 6.45) is 6.32. The zero-order valence-corrected chi connectivity index (χ0v) is 9.62. The minimum atomic E-state index is -0.586. The summed E-state index contributed by atoms with van der Waals surface area (Å²) in [6.45, 7) is 4.04. The number of carbonyl (C=O) groups excluding carboxylic acids is 1. The van der Waals surface area contributed by atoms with E-state index in [0.717, 1.165) is 25.7 Å². The van der Waals surface area contributed by atoms with E-state index in [2.05, 4.69) is 0 Å². The first-order valence-corrected chi connectivity index (χ1v) is 6.11. The lowest BCUT2D eigenvalue weighted by Crippen LogP contribution is -2.31. The van der Waals surface area contributed by atoms with Crippen molar-refractivity contribution in [3.05, 3.63) is 0 Å². The van der Waals surface area contributed by atoms with E-state index in [4.69, 9.17) is 9.47 Å². The maximum absolute atomic E-state index is 11.9. The maximum atomic E-state index is 11.9. The molecule has 15 heavy (non-hydrogen) atoms. The van der Waals surface area contributed by atoms with E-state index in [-0.39, 0.29) is 18.2 Å². The number of rotatable bonds is 4. The molecule has 1 aliphatic carbocycles. The third-order valence-corrected chi connectivity index (χ3v) is 3.63. The van der Waals surface area contributed by atoms with Crippen molar-refractivity contribution < 1.29 is 14.3 Å². The van der Waals surface area contributed by atoms with Crippen LogP contribution >= 0.6 is 0 Å². The van der Waals surface area contributed by atoms with E-state index in [1.807, 2.05) is 13.8 Å². The molecule has 2 fully saturated rings. The number of epoxide rings is 1. The van der Waals surface area contributed by atoms with Crippen LogP contribution in [0.3, 0.4) is 0 Å². The highest BCUT2D eigenvalue weighted by Crippen LogP contribution is 2.43. The van der Waals surface area contributed by atoms with E-state index in [0.29, 0.717) is 0 Å². The van der Waals surface area contributed by atoms with E-state index < -0.39 is 5.60 Å². The Hall–Kier alpha value is -0.570. The molecule has 0 spiro atoms. The smallest absolute Gasteiger partial charge is 0.341 e. The molecule has 2 atom stereocenters. The van der Waals surface area contributed by atoms with Crippen molar-refractivity contribution in [2.75, 3.05) is 0 Å². The van der Waals surface area contributed by atoms with E-state index in [1.165, 1.54) is 12.8 Å². The van der Waals surface area contributed by atoms with Crippen LogP contribution in [0.25, 0.3) is 0 Å². The molecule has 1 saturated carbocycles. The number of ether oxygens (including phenoxy) is 2. The van der Waals surface area contributed by atoms with Crippen LogP contribution in [0.2, 0.25) is 0 Å². The Morgan fingerprint density at radius 3 is 2.53 bits per heavy atom. The van der Waals surface area contributed by atoms with E-state index in [1.54, 1.807) is 0 Å². The Bertz CT molecular complexity index is 245. The van der Waals surface area contributed by atoms with Crippen LogP contribution < -0.4 is 0 Å². The van der Waals surface area contributed by atoms with Gasteiger partial charge in [0, 0.05) is 0 Å². The molecule has 86 valence electrons. The van der Waals surface area contributed by atoms with Gasteiger partial charge < -0.3 is 9.47 Å². The molecule has 0 radical (unpaired) electrons. The standard InChI is InChI=1S/C12H20O3/c1-3-10-12(4-2,15-10)11(13)14-9-7-5-6-8-9/h9-10H,3-8H2,1-2H3. The first-order chi connectivity index (χ1) is 7.23. The fourth-order valence-corrected chi connectivity index (χ4v) is 2.53. The minimum Gasteiger partial charge on any atom is -0.460 e. The summed E-state index contributed by atoms with van der Waals surface area (Å²) in [6, 6.07) is 0. The van der Waals surface area contributed by atoms with Crippen molar-refractivity contribution in [2.24, 2.45) is 0 Å². The van der Waals surface area contributed by atoms with Crippen LogP contribution in [0.4, 0.5) is 0 Å². The summed E-state index contributed by atoms with van der Waals surface area (Å²) in [5.74, 6) is -0.122. The van der Waals surface area contributed by atoms with Crippen LogP contribution in [0.1, 0.15) is 52.4 Å². The molecule has 1 aliphatic heterocycles. The van der Waals surface area contributed by atoms with E-state index >= 15 is 0 Å².